The molecule has 2 heteroatoms. The van der Waals surface area contributed by atoms with E-state index in [1.807, 2.05) is 20.8 Å². The van der Waals surface area contributed by atoms with E-state index in [-0.39, 0.29) is 17.0 Å². The van der Waals surface area contributed by atoms with Gasteiger partial charge in [-0.2, -0.15) is 0 Å². The zero-order chi connectivity index (χ0) is 14.0. The first-order chi connectivity index (χ1) is 7.94. The minimum Gasteiger partial charge on any atom is -0.458 e. The average molecular weight is 252 g/mol. The molecule has 0 saturated heterocycles. The van der Waals surface area contributed by atoms with Gasteiger partial charge in [0.05, 0.1) is 5.41 Å². The number of carbonyl (C=O) groups excluding carboxylic acids is 1. The first kappa shape index (κ1) is 13.9. The molecule has 0 aromatic heterocycles. The van der Waals surface area contributed by atoms with Crippen LogP contribution >= 0.6 is 0 Å². The van der Waals surface area contributed by atoms with Crippen LogP contribution in [-0.2, 0) is 9.53 Å². The van der Waals surface area contributed by atoms with Crippen molar-refractivity contribution in [2.24, 2.45) is 22.2 Å². The molecule has 0 aliphatic heterocycles. The summed E-state index contributed by atoms with van der Waals surface area (Å²) in [5.41, 5.74) is -0.321. The highest BCUT2D eigenvalue weighted by Gasteiger charge is 2.68. The van der Waals surface area contributed by atoms with Crippen LogP contribution in [0.1, 0.15) is 67.7 Å². The molecule has 3 unspecified atom stereocenters. The van der Waals surface area contributed by atoms with Crippen molar-refractivity contribution in [3.8, 4) is 0 Å². The third kappa shape index (κ3) is 1.57. The van der Waals surface area contributed by atoms with Crippen molar-refractivity contribution >= 4 is 5.97 Å². The van der Waals surface area contributed by atoms with Gasteiger partial charge in [-0.15, -0.1) is 0 Å². The largest absolute Gasteiger partial charge is 0.458 e. The van der Waals surface area contributed by atoms with Crippen LogP contribution in [0.3, 0.4) is 0 Å². The second-order valence-corrected chi connectivity index (χ2v) is 8.35. The third-order valence-electron chi connectivity index (χ3n) is 6.23. The molecule has 2 saturated carbocycles. The molecule has 104 valence electrons. The summed E-state index contributed by atoms with van der Waals surface area (Å²) in [6, 6.07) is 0. The Labute approximate surface area is 111 Å². The predicted octanol–water partition coefficient (Wildman–Crippen LogP) is 4.18. The number of hydrogen-bond donors (Lipinski definition) is 0. The first-order valence-corrected chi connectivity index (χ1v) is 7.17. The van der Waals surface area contributed by atoms with Gasteiger partial charge < -0.3 is 4.74 Å². The Morgan fingerprint density at radius 3 is 2.00 bits per heavy atom. The quantitative estimate of drug-likeness (QED) is 0.654. The van der Waals surface area contributed by atoms with Crippen molar-refractivity contribution in [3.05, 3.63) is 0 Å². The Morgan fingerprint density at radius 1 is 1.17 bits per heavy atom. The standard InChI is InChI=1S/C16H28O2/c1-13(2,3)12(17)18-16(7)10-11-8-9-15(11,6)14(16,4)5/h11H,8-10H2,1-7H3. The smallest absolute Gasteiger partial charge is 0.311 e. The van der Waals surface area contributed by atoms with Gasteiger partial charge >= 0.3 is 5.97 Å². The molecular weight excluding hydrogens is 224 g/mol. The number of carbonyl (C=O) groups is 1. The van der Waals surface area contributed by atoms with Gasteiger partial charge in [-0.05, 0) is 58.3 Å². The maximum Gasteiger partial charge on any atom is 0.311 e. The van der Waals surface area contributed by atoms with Crippen molar-refractivity contribution < 1.29 is 9.53 Å². The van der Waals surface area contributed by atoms with E-state index in [4.69, 9.17) is 4.74 Å². The fourth-order valence-corrected chi connectivity index (χ4v) is 3.79. The maximum absolute atomic E-state index is 12.2. The molecule has 0 radical (unpaired) electrons. The average Bonchev–Trinajstić information content (AvgIpc) is 2.29. The fraction of sp³-hybridized carbons (Fsp3) is 0.938. The van der Waals surface area contributed by atoms with Gasteiger partial charge in [-0.3, -0.25) is 4.79 Å². The summed E-state index contributed by atoms with van der Waals surface area (Å²) in [6.07, 6.45) is 3.59. The van der Waals surface area contributed by atoms with Crippen molar-refractivity contribution in [2.75, 3.05) is 0 Å². The Morgan fingerprint density at radius 2 is 1.72 bits per heavy atom. The lowest BCUT2D eigenvalue weighted by molar-refractivity contribution is -0.183. The number of fused-ring (bicyclic) bond motifs is 1. The zero-order valence-corrected chi connectivity index (χ0v) is 13.0. The molecule has 3 atom stereocenters. The molecule has 2 rings (SSSR count). The lowest BCUT2D eigenvalue weighted by atomic mass is 9.53. The van der Waals surface area contributed by atoms with Gasteiger partial charge in [-0.25, -0.2) is 0 Å². The van der Waals surface area contributed by atoms with Gasteiger partial charge in [0.15, 0.2) is 0 Å². The van der Waals surface area contributed by atoms with Gasteiger partial charge in [0.1, 0.15) is 5.60 Å². The van der Waals surface area contributed by atoms with E-state index in [0.717, 1.165) is 12.3 Å². The fourth-order valence-electron chi connectivity index (χ4n) is 3.79. The molecule has 2 fully saturated rings. The molecule has 2 aliphatic carbocycles. The second-order valence-electron chi connectivity index (χ2n) is 8.35. The van der Waals surface area contributed by atoms with Crippen molar-refractivity contribution in [1.82, 2.24) is 0 Å². The van der Waals surface area contributed by atoms with Crippen LogP contribution < -0.4 is 0 Å². The molecule has 0 heterocycles. The van der Waals surface area contributed by atoms with E-state index in [0.29, 0.717) is 5.41 Å². The van der Waals surface area contributed by atoms with Crippen molar-refractivity contribution in [2.45, 2.75) is 73.3 Å². The summed E-state index contributed by atoms with van der Waals surface area (Å²) >= 11 is 0. The highest BCUT2D eigenvalue weighted by atomic mass is 16.6. The molecule has 2 nitrogen and oxygen atoms in total. The van der Waals surface area contributed by atoms with Crippen LogP contribution in [0.2, 0.25) is 0 Å². The van der Waals surface area contributed by atoms with E-state index < -0.39 is 5.41 Å². The Kier molecular flexibility index (Phi) is 2.72. The molecule has 0 aromatic rings. The Balaban J connectivity index is 2.25. The maximum atomic E-state index is 12.2. The number of rotatable bonds is 1. The van der Waals surface area contributed by atoms with Gasteiger partial charge in [-0.1, -0.05) is 20.8 Å². The monoisotopic (exact) mass is 252 g/mol. The predicted molar refractivity (Wildman–Crippen MR) is 73.2 cm³/mol. The van der Waals surface area contributed by atoms with Gasteiger partial charge in [0, 0.05) is 5.41 Å². The van der Waals surface area contributed by atoms with E-state index in [1.165, 1.54) is 12.8 Å². The highest BCUT2D eigenvalue weighted by Crippen LogP contribution is 2.70. The van der Waals surface area contributed by atoms with Crippen LogP contribution in [0, 0.1) is 22.2 Å². The van der Waals surface area contributed by atoms with Crippen molar-refractivity contribution in [1.29, 1.82) is 0 Å². The van der Waals surface area contributed by atoms with E-state index >= 15 is 0 Å². The van der Waals surface area contributed by atoms with Crippen LogP contribution in [0.15, 0.2) is 0 Å². The molecule has 0 spiro atoms. The molecule has 18 heavy (non-hydrogen) atoms. The number of esters is 1. The first-order valence-electron chi connectivity index (χ1n) is 7.17. The number of hydrogen-bond acceptors (Lipinski definition) is 2. The SMILES string of the molecule is CC(C)(C)C(=O)OC1(C)CC2CCC2(C)C1(C)C. The molecule has 0 N–H and O–H groups in total. The lowest BCUT2D eigenvalue weighted by Gasteiger charge is -2.53. The summed E-state index contributed by atoms with van der Waals surface area (Å²) < 4.78 is 5.99. The molecule has 0 bridgehead atoms. The topological polar surface area (TPSA) is 26.3 Å². The van der Waals surface area contributed by atoms with Crippen LogP contribution in [-0.4, -0.2) is 11.6 Å². The van der Waals surface area contributed by atoms with E-state index in [9.17, 15) is 4.79 Å². The zero-order valence-electron chi connectivity index (χ0n) is 13.0. The Bertz CT molecular complexity index is 377. The summed E-state index contributed by atoms with van der Waals surface area (Å²) in [7, 11) is 0. The minimum absolute atomic E-state index is 0.0594. The van der Waals surface area contributed by atoms with Gasteiger partial charge in [0.2, 0.25) is 0 Å². The summed E-state index contributed by atoms with van der Waals surface area (Å²) in [5.74, 6) is 0.660. The lowest BCUT2D eigenvalue weighted by Crippen LogP contribution is -2.51. The molecule has 0 aromatic carbocycles. The Hall–Kier alpha value is -0.530. The molecule has 2 aliphatic rings. The summed E-state index contributed by atoms with van der Waals surface area (Å²) in [6.45, 7) is 14.9. The van der Waals surface area contributed by atoms with E-state index in [2.05, 4.69) is 27.7 Å². The summed E-state index contributed by atoms with van der Waals surface area (Å²) in [5, 5.41) is 0. The normalized spacial score (nSPS) is 42.1. The van der Waals surface area contributed by atoms with Crippen LogP contribution in [0.25, 0.3) is 0 Å². The van der Waals surface area contributed by atoms with Crippen LogP contribution in [0.5, 0.6) is 0 Å². The highest BCUT2D eigenvalue weighted by molar-refractivity contribution is 5.76. The molecule has 0 amide bonds. The molecular formula is C16H28O2. The minimum atomic E-state index is -0.415. The van der Waals surface area contributed by atoms with E-state index in [1.54, 1.807) is 0 Å². The van der Waals surface area contributed by atoms with Crippen LogP contribution in [0.4, 0.5) is 0 Å². The summed E-state index contributed by atoms with van der Waals surface area (Å²) in [4.78, 5) is 12.2. The van der Waals surface area contributed by atoms with Gasteiger partial charge in [0.25, 0.3) is 0 Å². The number of ether oxygens (including phenoxy) is 1. The van der Waals surface area contributed by atoms with Crippen molar-refractivity contribution in [3.63, 3.8) is 0 Å². The second kappa shape index (κ2) is 3.52. The third-order valence-corrected chi connectivity index (χ3v) is 6.23.